The fraction of sp³-hybridized carbons (Fsp3) is 0.417. The lowest BCUT2D eigenvalue weighted by Crippen LogP contribution is -2.19. The molecule has 98 valence electrons. The summed E-state index contributed by atoms with van der Waals surface area (Å²) in [5, 5.41) is 11.7. The Kier molecular flexibility index (Phi) is 4.56. The van der Waals surface area contributed by atoms with Crippen LogP contribution in [0.5, 0.6) is 0 Å². The molecule has 0 heterocycles. The maximum Gasteiger partial charge on any atom is 0.417 e. The van der Waals surface area contributed by atoms with E-state index < -0.39 is 11.7 Å². The van der Waals surface area contributed by atoms with Crippen molar-refractivity contribution in [2.45, 2.75) is 25.6 Å². The first-order chi connectivity index (χ1) is 8.34. The lowest BCUT2D eigenvalue weighted by atomic mass is 10.1. The van der Waals surface area contributed by atoms with Crippen LogP contribution in [0.4, 0.5) is 18.9 Å². The number of halogens is 3. The summed E-state index contributed by atoms with van der Waals surface area (Å²) in [5.74, 6) is 0. The van der Waals surface area contributed by atoms with Crippen LogP contribution >= 0.6 is 0 Å². The average Bonchev–Trinajstić information content (AvgIpc) is 2.26. The number of nitrogens with zero attached hydrogens (tertiary/aromatic N) is 1. The predicted molar refractivity (Wildman–Crippen MR) is 62.9 cm³/mol. The molecule has 1 unspecified atom stereocenters. The average molecular weight is 257 g/mol. The fourth-order valence-electron chi connectivity index (χ4n) is 1.44. The summed E-state index contributed by atoms with van der Waals surface area (Å²) in [6.45, 7) is 2.39. The van der Waals surface area contributed by atoms with Gasteiger partial charge in [-0.3, -0.25) is 0 Å². The van der Waals surface area contributed by atoms with Gasteiger partial charge in [0.25, 0.3) is 0 Å². The zero-order valence-electron chi connectivity index (χ0n) is 9.88. The highest BCUT2D eigenvalue weighted by Gasteiger charge is 2.33. The first-order valence-corrected chi connectivity index (χ1v) is 5.45. The third-order valence-corrected chi connectivity index (χ3v) is 2.37. The third-order valence-electron chi connectivity index (χ3n) is 2.37. The highest BCUT2D eigenvalue weighted by molar-refractivity contribution is 5.53. The Morgan fingerprint density at radius 3 is 2.61 bits per heavy atom. The maximum atomic E-state index is 12.5. The molecule has 0 amide bonds. The summed E-state index contributed by atoms with van der Waals surface area (Å²) in [4.78, 5) is 0. The van der Waals surface area contributed by atoms with E-state index in [1.807, 2.05) is 6.92 Å². The maximum absolute atomic E-state index is 12.5. The summed E-state index contributed by atoms with van der Waals surface area (Å²) in [6.07, 6.45) is -3.81. The van der Waals surface area contributed by atoms with E-state index in [0.717, 1.165) is 6.07 Å². The van der Waals surface area contributed by atoms with Crippen LogP contribution in [0.25, 0.3) is 0 Å². The largest absolute Gasteiger partial charge is 0.417 e. The van der Waals surface area contributed by atoms with Crippen LogP contribution in [0, 0.1) is 11.3 Å². The van der Waals surface area contributed by atoms with E-state index in [2.05, 4.69) is 5.32 Å². The van der Waals surface area contributed by atoms with Gasteiger partial charge in [-0.1, -0.05) is 0 Å². The van der Waals surface area contributed by atoms with Crippen molar-refractivity contribution in [2.24, 2.45) is 5.73 Å². The fourth-order valence-corrected chi connectivity index (χ4v) is 1.44. The number of nitrogens with one attached hydrogen (secondary N) is 1. The standard InChI is InChI=1S/C12H14F3N3/c1-8(17)4-5-18-10-2-3-11(12(13,14)15)9(6-10)7-16/h2-3,6,8,18H,4-5,17H2,1H3. The molecule has 1 aromatic rings. The van der Waals surface area contributed by atoms with Crippen molar-refractivity contribution >= 4 is 5.69 Å². The Morgan fingerprint density at radius 1 is 1.44 bits per heavy atom. The highest BCUT2D eigenvalue weighted by Crippen LogP contribution is 2.32. The van der Waals surface area contributed by atoms with E-state index in [0.29, 0.717) is 18.7 Å². The molecule has 3 nitrogen and oxygen atoms in total. The van der Waals surface area contributed by atoms with Crippen molar-refractivity contribution in [3.63, 3.8) is 0 Å². The van der Waals surface area contributed by atoms with Gasteiger partial charge in [-0.25, -0.2) is 0 Å². The van der Waals surface area contributed by atoms with Crippen molar-refractivity contribution in [3.8, 4) is 6.07 Å². The van der Waals surface area contributed by atoms with Crippen LogP contribution in [0.1, 0.15) is 24.5 Å². The molecule has 18 heavy (non-hydrogen) atoms. The van der Waals surface area contributed by atoms with E-state index in [9.17, 15) is 13.2 Å². The summed E-state index contributed by atoms with van der Waals surface area (Å²) in [7, 11) is 0. The topological polar surface area (TPSA) is 61.8 Å². The van der Waals surface area contributed by atoms with Crippen molar-refractivity contribution in [1.82, 2.24) is 0 Å². The minimum Gasteiger partial charge on any atom is -0.385 e. The second-order valence-corrected chi connectivity index (χ2v) is 4.06. The SMILES string of the molecule is CC(N)CCNc1ccc(C(F)(F)F)c(C#N)c1. The van der Waals surface area contributed by atoms with Gasteiger partial charge < -0.3 is 11.1 Å². The van der Waals surface area contributed by atoms with Gasteiger partial charge in [0, 0.05) is 18.3 Å². The molecule has 0 bridgehead atoms. The van der Waals surface area contributed by atoms with Crippen LogP contribution < -0.4 is 11.1 Å². The van der Waals surface area contributed by atoms with Crippen LogP contribution in [0.15, 0.2) is 18.2 Å². The smallest absolute Gasteiger partial charge is 0.385 e. The van der Waals surface area contributed by atoms with Gasteiger partial charge in [0.1, 0.15) is 0 Å². The zero-order chi connectivity index (χ0) is 13.8. The van der Waals surface area contributed by atoms with Gasteiger partial charge >= 0.3 is 6.18 Å². The first kappa shape index (κ1) is 14.3. The zero-order valence-corrected chi connectivity index (χ0v) is 9.88. The summed E-state index contributed by atoms with van der Waals surface area (Å²) >= 11 is 0. The van der Waals surface area contributed by atoms with Gasteiger partial charge in [0.05, 0.1) is 17.2 Å². The molecule has 3 N–H and O–H groups in total. The van der Waals surface area contributed by atoms with E-state index in [4.69, 9.17) is 11.0 Å². The lowest BCUT2D eigenvalue weighted by molar-refractivity contribution is -0.137. The quantitative estimate of drug-likeness (QED) is 0.871. The van der Waals surface area contributed by atoms with Crippen molar-refractivity contribution < 1.29 is 13.2 Å². The minimum absolute atomic E-state index is 0.0161. The highest BCUT2D eigenvalue weighted by atomic mass is 19.4. The number of hydrogen-bond acceptors (Lipinski definition) is 3. The van der Waals surface area contributed by atoms with Gasteiger partial charge in [0.15, 0.2) is 0 Å². The van der Waals surface area contributed by atoms with Crippen LogP contribution in [0.3, 0.4) is 0 Å². The number of alkyl halides is 3. The molecule has 0 aliphatic carbocycles. The van der Waals surface area contributed by atoms with E-state index >= 15 is 0 Å². The molecule has 0 spiro atoms. The number of benzene rings is 1. The molecule has 0 saturated heterocycles. The molecule has 1 aromatic carbocycles. The van der Waals surface area contributed by atoms with Crippen molar-refractivity contribution in [1.29, 1.82) is 5.26 Å². The molecule has 0 radical (unpaired) electrons. The normalized spacial score (nSPS) is 12.9. The number of nitriles is 1. The van der Waals surface area contributed by atoms with Gasteiger partial charge in [-0.05, 0) is 31.5 Å². The van der Waals surface area contributed by atoms with Crippen LogP contribution in [-0.4, -0.2) is 12.6 Å². The predicted octanol–water partition coefficient (Wildman–Crippen LogP) is 2.73. The Balaban J connectivity index is 2.84. The lowest BCUT2D eigenvalue weighted by Gasteiger charge is -2.12. The van der Waals surface area contributed by atoms with Gasteiger partial charge in [0.2, 0.25) is 0 Å². The van der Waals surface area contributed by atoms with Crippen molar-refractivity contribution in [3.05, 3.63) is 29.3 Å². The Bertz CT molecular complexity index is 447. The molecule has 0 aliphatic rings. The molecule has 0 aliphatic heterocycles. The van der Waals surface area contributed by atoms with Gasteiger partial charge in [-0.15, -0.1) is 0 Å². The first-order valence-electron chi connectivity index (χ1n) is 5.45. The van der Waals surface area contributed by atoms with Gasteiger partial charge in [-0.2, -0.15) is 18.4 Å². The molecule has 1 rings (SSSR count). The second-order valence-electron chi connectivity index (χ2n) is 4.06. The second kappa shape index (κ2) is 5.74. The molecule has 0 aromatic heterocycles. The van der Waals surface area contributed by atoms with Crippen LogP contribution in [0.2, 0.25) is 0 Å². The van der Waals surface area contributed by atoms with E-state index in [-0.39, 0.29) is 11.6 Å². The number of hydrogen-bond donors (Lipinski definition) is 2. The Hall–Kier alpha value is -1.74. The molecular weight excluding hydrogens is 243 g/mol. The minimum atomic E-state index is -4.50. The molecule has 6 heteroatoms. The van der Waals surface area contributed by atoms with Crippen molar-refractivity contribution in [2.75, 3.05) is 11.9 Å². The molecule has 0 fully saturated rings. The summed E-state index contributed by atoms with van der Waals surface area (Å²) in [5.41, 5.74) is 4.74. The Labute approximate surface area is 103 Å². The van der Waals surface area contributed by atoms with E-state index in [1.165, 1.54) is 12.1 Å². The third kappa shape index (κ3) is 3.93. The number of rotatable bonds is 4. The number of anilines is 1. The Morgan fingerprint density at radius 2 is 2.11 bits per heavy atom. The molecular formula is C12H14F3N3. The van der Waals surface area contributed by atoms with Crippen LogP contribution in [-0.2, 0) is 6.18 Å². The number of nitrogens with two attached hydrogens (primary N) is 1. The monoisotopic (exact) mass is 257 g/mol. The molecule has 0 saturated carbocycles. The van der Waals surface area contributed by atoms with E-state index in [1.54, 1.807) is 6.07 Å². The summed E-state index contributed by atoms with van der Waals surface area (Å²) < 4.78 is 37.6. The molecule has 1 atom stereocenters. The summed E-state index contributed by atoms with van der Waals surface area (Å²) in [6, 6.07) is 4.99.